The van der Waals surface area contributed by atoms with Gasteiger partial charge in [-0.1, -0.05) is 12.1 Å². The molecule has 3 heterocycles. The van der Waals surface area contributed by atoms with Crippen LogP contribution in [0.1, 0.15) is 5.56 Å². The fraction of sp³-hybridized carbons (Fsp3) is 0.294. The van der Waals surface area contributed by atoms with Gasteiger partial charge in [0.1, 0.15) is 12.1 Å². The average molecular weight is 306 g/mol. The molecule has 6 heteroatoms. The molecule has 116 valence electrons. The van der Waals surface area contributed by atoms with Gasteiger partial charge >= 0.3 is 0 Å². The Kier molecular flexibility index (Phi) is 3.49. The summed E-state index contributed by atoms with van der Waals surface area (Å²) in [7, 11) is 0. The molecule has 0 aliphatic carbocycles. The maximum Gasteiger partial charge on any atom is 0.225 e. The highest BCUT2D eigenvalue weighted by atomic mass is 15.3. The molecule has 3 aromatic rings. The zero-order valence-corrected chi connectivity index (χ0v) is 13.1. The lowest BCUT2D eigenvalue weighted by Gasteiger charge is -2.35. The number of benzene rings is 1. The van der Waals surface area contributed by atoms with Crippen LogP contribution in [-0.4, -0.2) is 46.1 Å². The molecule has 6 nitrogen and oxygen atoms in total. The van der Waals surface area contributed by atoms with Gasteiger partial charge in [-0.25, -0.2) is 19.9 Å². The molecule has 0 N–H and O–H groups in total. The summed E-state index contributed by atoms with van der Waals surface area (Å²) >= 11 is 0. The summed E-state index contributed by atoms with van der Waals surface area (Å²) in [4.78, 5) is 22.2. The summed E-state index contributed by atoms with van der Waals surface area (Å²) in [6.45, 7) is 5.58. The normalized spacial score (nSPS) is 15.2. The number of nitrogens with zero attached hydrogens (tertiary/aromatic N) is 6. The molecule has 0 bridgehead atoms. The molecule has 0 radical (unpaired) electrons. The Labute approximate surface area is 134 Å². The molecular formula is C17H18N6. The Morgan fingerprint density at radius 2 is 1.52 bits per heavy atom. The second-order valence-electron chi connectivity index (χ2n) is 5.75. The Bertz CT molecular complexity index is 803. The van der Waals surface area contributed by atoms with Gasteiger partial charge in [0.25, 0.3) is 0 Å². The third-order valence-electron chi connectivity index (χ3n) is 4.15. The summed E-state index contributed by atoms with van der Waals surface area (Å²) in [5.41, 5.74) is 2.07. The van der Waals surface area contributed by atoms with E-state index in [1.54, 1.807) is 6.33 Å². The van der Waals surface area contributed by atoms with E-state index >= 15 is 0 Å². The lowest BCUT2D eigenvalue weighted by atomic mass is 10.2. The predicted octanol–water partition coefficient (Wildman–Crippen LogP) is 2.05. The molecule has 1 aromatic carbocycles. The smallest absolute Gasteiger partial charge is 0.225 e. The first-order valence-electron chi connectivity index (χ1n) is 7.79. The molecule has 2 aromatic heterocycles. The monoisotopic (exact) mass is 306 g/mol. The highest BCUT2D eigenvalue weighted by Crippen LogP contribution is 2.24. The number of para-hydroxylation sites is 1. The van der Waals surface area contributed by atoms with Crippen LogP contribution < -0.4 is 9.80 Å². The number of hydrogen-bond donors (Lipinski definition) is 0. The number of rotatable bonds is 2. The number of fused-ring (bicyclic) bond motifs is 1. The maximum absolute atomic E-state index is 4.50. The zero-order chi connectivity index (χ0) is 15.6. The van der Waals surface area contributed by atoms with Crippen molar-refractivity contribution < 1.29 is 0 Å². The van der Waals surface area contributed by atoms with Crippen LogP contribution in [0, 0.1) is 6.92 Å². The number of aromatic nitrogens is 4. The second kappa shape index (κ2) is 5.79. The maximum atomic E-state index is 4.50. The van der Waals surface area contributed by atoms with Crippen molar-refractivity contribution in [1.29, 1.82) is 0 Å². The minimum atomic E-state index is 0.808. The fourth-order valence-electron chi connectivity index (χ4n) is 2.91. The molecule has 1 saturated heterocycles. The van der Waals surface area contributed by atoms with E-state index in [-0.39, 0.29) is 0 Å². The second-order valence-corrected chi connectivity index (χ2v) is 5.75. The molecule has 0 amide bonds. The highest BCUT2D eigenvalue weighted by molar-refractivity contribution is 5.89. The van der Waals surface area contributed by atoms with Gasteiger partial charge in [0.05, 0.1) is 5.52 Å². The van der Waals surface area contributed by atoms with E-state index in [2.05, 4.69) is 35.8 Å². The van der Waals surface area contributed by atoms with Crippen LogP contribution in [0.3, 0.4) is 0 Å². The van der Waals surface area contributed by atoms with Gasteiger partial charge < -0.3 is 9.80 Å². The molecular weight excluding hydrogens is 288 g/mol. The van der Waals surface area contributed by atoms with Gasteiger partial charge in [-0.3, -0.25) is 0 Å². The summed E-state index contributed by atoms with van der Waals surface area (Å²) in [5.74, 6) is 1.82. The first kappa shape index (κ1) is 13.9. The Balaban J connectivity index is 1.54. The first-order valence-corrected chi connectivity index (χ1v) is 7.79. The van der Waals surface area contributed by atoms with Crippen LogP contribution in [0.4, 0.5) is 11.8 Å². The van der Waals surface area contributed by atoms with E-state index in [1.165, 1.54) is 0 Å². The Hall–Kier alpha value is -2.76. The zero-order valence-electron chi connectivity index (χ0n) is 13.1. The van der Waals surface area contributed by atoms with Crippen molar-refractivity contribution in [3.63, 3.8) is 0 Å². The van der Waals surface area contributed by atoms with Gasteiger partial charge in [-0.15, -0.1) is 0 Å². The molecule has 1 fully saturated rings. The van der Waals surface area contributed by atoms with Crippen LogP contribution >= 0.6 is 0 Å². The minimum Gasteiger partial charge on any atom is -0.352 e. The number of anilines is 2. The summed E-state index contributed by atoms with van der Waals surface area (Å²) in [6.07, 6.45) is 5.38. The van der Waals surface area contributed by atoms with Crippen LogP contribution in [0.15, 0.2) is 43.0 Å². The van der Waals surface area contributed by atoms with E-state index in [1.807, 2.05) is 37.5 Å². The number of hydrogen-bond acceptors (Lipinski definition) is 6. The molecule has 0 spiro atoms. The van der Waals surface area contributed by atoms with E-state index in [0.717, 1.165) is 54.4 Å². The fourth-order valence-corrected chi connectivity index (χ4v) is 2.91. The molecule has 0 atom stereocenters. The topological polar surface area (TPSA) is 58.0 Å². The molecule has 0 saturated carbocycles. The van der Waals surface area contributed by atoms with E-state index in [4.69, 9.17) is 0 Å². The van der Waals surface area contributed by atoms with Gasteiger partial charge in [-0.05, 0) is 24.6 Å². The lowest BCUT2D eigenvalue weighted by molar-refractivity contribution is 0.635. The summed E-state index contributed by atoms with van der Waals surface area (Å²) < 4.78 is 0. The molecule has 1 aliphatic heterocycles. The quantitative estimate of drug-likeness (QED) is 0.722. The first-order chi connectivity index (χ1) is 11.3. The molecule has 4 rings (SSSR count). The largest absolute Gasteiger partial charge is 0.352 e. The van der Waals surface area contributed by atoms with Crippen molar-refractivity contribution in [2.45, 2.75) is 6.92 Å². The van der Waals surface area contributed by atoms with E-state index in [0.29, 0.717) is 0 Å². The SMILES string of the molecule is Cc1cnc(N2CCN(c3ncnc4ccccc34)CC2)nc1. The average Bonchev–Trinajstić information content (AvgIpc) is 2.62. The van der Waals surface area contributed by atoms with Crippen LogP contribution in [0.5, 0.6) is 0 Å². The summed E-state index contributed by atoms with van der Waals surface area (Å²) in [5, 5.41) is 1.11. The van der Waals surface area contributed by atoms with Gasteiger partial charge in [0.2, 0.25) is 5.95 Å². The molecule has 23 heavy (non-hydrogen) atoms. The Morgan fingerprint density at radius 3 is 2.30 bits per heavy atom. The van der Waals surface area contributed by atoms with Crippen LogP contribution in [-0.2, 0) is 0 Å². The standard InChI is InChI=1S/C17H18N6/c1-13-10-18-17(19-11-13)23-8-6-22(7-9-23)16-14-4-2-3-5-15(14)20-12-21-16/h2-5,10-12H,6-9H2,1H3. The highest BCUT2D eigenvalue weighted by Gasteiger charge is 2.21. The Morgan fingerprint density at radius 1 is 0.826 bits per heavy atom. The van der Waals surface area contributed by atoms with Crippen LogP contribution in [0.25, 0.3) is 10.9 Å². The van der Waals surface area contributed by atoms with Crippen LogP contribution in [0.2, 0.25) is 0 Å². The van der Waals surface area contributed by atoms with E-state index < -0.39 is 0 Å². The van der Waals surface area contributed by atoms with Gasteiger partial charge in [-0.2, -0.15) is 0 Å². The van der Waals surface area contributed by atoms with Crippen molar-refractivity contribution in [2.24, 2.45) is 0 Å². The van der Waals surface area contributed by atoms with E-state index in [9.17, 15) is 0 Å². The molecule has 1 aliphatic rings. The summed E-state index contributed by atoms with van der Waals surface area (Å²) in [6, 6.07) is 8.15. The number of aryl methyl sites for hydroxylation is 1. The lowest BCUT2D eigenvalue weighted by Crippen LogP contribution is -2.47. The van der Waals surface area contributed by atoms with Crippen molar-refractivity contribution in [3.05, 3.63) is 48.5 Å². The third kappa shape index (κ3) is 2.67. The number of piperazine rings is 1. The predicted molar refractivity (Wildman–Crippen MR) is 90.7 cm³/mol. The van der Waals surface area contributed by atoms with Crippen molar-refractivity contribution in [2.75, 3.05) is 36.0 Å². The van der Waals surface area contributed by atoms with Crippen molar-refractivity contribution in [3.8, 4) is 0 Å². The van der Waals surface area contributed by atoms with Gasteiger partial charge in [0.15, 0.2) is 0 Å². The molecule has 0 unspecified atom stereocenters. The van der Waals surface area contributed by atoms with Crippen molar-refractivity contribution in [1.82, 2.24) is 19.9 Å². The third-order valence-corrected chi connectivity index (χ3v) is 4.15. The van der Waals surface area contributed by atoms with Gasteiger partial charge in [0, 0.05) is 44.0 Å². The van der Waals surface area contributed by atoms with Crippen molar-refractivity contribution >= 4 is 22.7 Å². The minimum absolute atomic E-state index is 0.808.